The maximum Gasteiger partial charge on any atom is 0.322 e. The predicted molar refractivity (Wildman–Crippen MR) is 62.7 cm³/mol. The third kappa shape index (κ3) is 6.41. The lowest BCUT2D eigenvalue weighted by atomic mass is 9.89. The van der Waals surface area contributed by atoms with Gasteiger partial charge in [-0.05, 0) is 40.2 Å². The van der Waals surface area contributed by atoms with Gasteiger partial charge in [0.15, 0.2) is 0 Å². The molecule has 0 radical (unpaired) electrons. The Morgan fingerprint density at radius 1 is 1.50 bits per heavy atom. The molecule has 4 heteroatoms. The number of esters is 1. The second kappa shape index (κ2) is 7.24. The van der Waals surface area contributed by atoms with Gasteiger partial charge in [0, 0.05) is 0 Å². The molecule has 0 aromatic heterocycles. The van der Waals surface area contributed by atoms with Gasteiger partial charge in [0.1, 0.15) is 6.04 Å². The van der Waals surface area contributed by atoms with Crippen LogP contribution in [0.1, 0.15) is 40.0 Å². The number of methoxy groups -OCH3 is 1. The Morgan fingerprint density at radius 3 is 2.62 bits per heavy atom. The highest BCUT2D eigenvalue weighted by atomic mass is 16.5. The first-order valence-electron chi connectivity index (χ1n) is 5.65. The zero-order valence-electron chi connectivity index (χ0n) is 10.7. The fourth-order valence-corrected chi connectivity index (χ4v) is 1.33. The first-order valence-corrected chi connectivity index (χ1v) is 5.65. The van der Waals surface area contributed by atoms with Crippen LogP contribution in [0.5, 0.6) is 0 Å². The Bertz CT molecular complexity index is 256. The molecule has 0 spiro atoms. The Hall–Kier alpha value is -1.08. The van der Waals surface area contributed by atoms with Gasteiger partial charge in [0.05, 0.1) is 18.6 Å². The number of ether oxygens (including phenoxy) is 1. The molecule has 1 atom stereocenters. The molecular formula is C12H22N2O2. The summed E-state index contributed by atoms with van der Waals surface area (Å²) in [5.41, 5.74) is -0.242. The van der Waals surface area contributed by atoms with Gasteiger partial charge in [-0.1, -0.05) is 6.42 Å². The standard InChI is InChI=1S/C12H22N2O2/c1-10(11(15)16-4)14-8-6-5-7-12(2,3)9-13/h10,14H,5-8H2,1-4H3. The van der Waals surface area contributed by atoms with Gasteiger partial charge >= 0.3 is 5.97 Å². The highest BCUT2D eigenvalue weighted by Crippen LogP contribution is 2.21. The van der Waals surface area contributed by atoms with Crippen LogP contribution < -0.4 is 5.32 Å². The average molecular weight is 226 g/mol. The van der Waals surface area contributed by atoms with Gasteiger partial charge in [-0.15, -0.1) is 0 Å². The van der Waals surface area contributed by atoms with E-state index in [1.165, 1.54) is 7.11 Å². The molecule has 0 saturated heterocycles. The number of unbranched alkanes of at least 4 members (excludes halogenated alkanes) is 1. The number of hydrogen-bond acceptors (Lipinski definition) is 4. The van der Waals surface area contributed by atoms with E-state index in [0.29, 0.717) is 0 Å². The van der Waals surface area contributed by atoms with Gasteiger partial charge in [-0.2, -0.15) is 5.26 Å². The molecule has 0 amide bonds. The van der Waals surface area contributed by atoms with Crippen molar-refractivity contribution in [3.05, 3.63) is 0 Å². The number of hydrogen-bond donors (Lipinski definition) is 1. The monoisotopic (exact) mass is 226 g/mol. The summed E-state index contributed by atoms with van der Waals surface area (Å²) in [5, 5.41) is 11.9. The fraction of sp³-hybridized carbons (Fsp3) is 0.833. The van der Waals surface area contributed by atoms with E-state index in [0.717, 1.165) is 25.8 Å². The maximum absolute atomic E-state index is 11.1. The molecule has 1 unspecified atom stereocenters. The zero-order valence-corrected chi connectivity index (χ0v) is 10.7. The summed E-state index contributed by atoms with van der Waals surface area (Å²) in [7, 11) is 1.38. The average Bonchev–Trinajstić information content (AvgIpc) is 2.27. The van der Waals surface area contributed by atoms with Crippen molar-refractivity contribution in [3.8, 4) is 6.07 Å². The molecule has 92 valence electrons. The zero-order chi connectivity index (χ0) is 12.6. The van der Waals surface area contributed by atoms with Crippen LogP contribution in [0.2, 0.25) is 0 Å². The number of carbonyl (C=O) groups excluding carboxylic acids is 1. The third-order valence-corrected chi connectivity index (χ3v) is 2.54. The number of carbonyl (C=O) groups is 1. The molecule has 0 aliphatic carbocycles. The minimum absolute atomic E-state index is 0.239. The second-order valence-electron chi connectivity index (χ2n) is 4.65. The van der Waals surface area contributed by atoms with E-state index < -0.39 is 0 Å². The summed E-state index contributed by atoms with van der Waals surface area (Å²) < 4.78 is 4.60. The number of nitriles is 1. The van der Waals surface area contributed by atoms with Gasteiger partial charge in [-0.3, -0.25) is 4.79 Å². The molecule has 0 aromatic rings. The summed E-state index contributed by atoms with van der Waals surface area (Å²) in [6.45, 7) is 6.44. The van der Waals surface area contributed by atoms with Gasteiger partial charge in [-0.25, -0.2) is 0 Å². The maximum atomic E-state index is 11.1. The lowest BCUT2D eigenvalue weighted by Gasteiger charge is -2.15. The lowest BCUT2D eigenvalue weighted by Crippen LogP contribution is -2.35. The first-order chi connectivity index (χ1) is 7.43. The van der Waals surface area contributed by atoms with Crippen molar-refractivity contribution in [1.82, 2.24) is 5.32 Å². The van der Waals surface area contributed by atoms with Crippen molar-refractivity contribution in [2.24, 2.45) is 5.41 Å². The third-order valence-electron chi connectivity index (χ3n) is 2.54. The van der Waals surface area contributed by atoms with Crippen LogP contribution >= 0.6 is 0 Å². The number of nitrogens with zero attached hydrogens (tertiary/aromatic N) is 1. The molecule has 0 rings (SSSR count). The summed E-state index contributed by atoms with van der Waals surface area (Å²) in [6.07, 6.45) is 2.84. The first kappa shape index (κ1) is 14.9. The summed E-state index contributed by atoms with van der Waals surface area (Å²) in [4.78, 5) is 11.1. The van der Waals surface area contributed by atoms with Gasteiger partial charge < -0.3 is 10.1 Å². The summed E-state index contributed by atoms with van der Waals surface area (Å²) >= 11 is 0. The Morgan fingerprint density at radius 2 is 2.12 bits per heavy atom. The topological polar surface area (TPSA) is 62.1 Å². The van der Waals surface area contributed by atoms with Crippen molar-refractivity contribution in [3.63, 3.8) is 0 Å². The quantitative estimate of drug-likeness (QED) is 0.531. The number of nitrogens with one attached hydrogen (secondary N) is 1. The van der Waals surface area contributed by atoms with E-state index >= 15 is 0 Å². The Kier molecular flexibility index (Phi) is 6.75. The smallest absolute Gasteiger partial charge is 0.322 e. The minimum atomic E-state index is -0.256. The molecule has 0 fully saturated rings. The van der Waals surface area contributed by atoms with Crippen molar-refractivity contribution in [1.29, 1.82) is 5.26 Å². The van der Waals surface area contributed by atoms with Crippen molar-refractivity contribution >= 4 is 5.97 Å². The van der Waals surface area contributed by atoms with Crippen molar-refractivity contribution < 1.29 is 9.53 Å². The second-order valence-corrected chi connectivity index (χ2v) is 4.65. The molecule has 0 heterocycles. The predicted octanol–water partition coefficient (Wildman–Crippen LogP) is 1.86. The van der Waals surface area contributed by atoms with Crippen molar-refractivity contribution in [2.45, 2.75) is 46.1 Å². The molecule has 0 saturated carbocycles. The molecule has 4 nitrogen and oxygen atoms in total. The van der Waals surface area contributed by atoms with E-state index in [1.54, 1.807) is 6.92 Å². The normalized spacial score (nSPS) is 12.9. The molecule has 1 N–H and O–H groups in total. The minimum Gasteiger partial charge on any atom is -0.468 e. The van der Waals surface area contributed by atoms with E-state index in [-0.39, 0.29) is 17.4 Å². The van der Waals surface area contributed by atoms with E-state index in [9.17, 15) is 4.79 Å². The van der Waals surface area contributed by atoms with Crippen LogP contribution in [0.4, 0.5) is 0 Å². The molecule has 0 bridgehead atoms. The van der Waals surface area contributed by atoms with Crippen LogP contribution in [-0.2, 0) is 9.53 Å². The van der Waals surface area contributed by atoms with Crippen LogP contribution in [0.15, 0.2) is 0 Å². The van der Waals surface area contributed by atoms with E-state index in [4.69, 9.17) is 5.26 Å². The van der Waals surface area contributed by atoms with E-state index in [2.05, 4.69) is 16.1 Å². The molecule has 16 heavy (non-hydrogen) atoms. The Labute approximate surface area is 98.0 Å². The Balaban J connectivity index is 3.55. The molecule has 0 aliphatic heterocycles. The summed E-state index contributed by atoms with van der Waals surface area (Å²) in [6, 6.07) is 2.02. The highest BCUT2D eigenvalue weighted by Gasteiger charge is 2.16. The van der Waals surface area contributed by atoms with Crippen molar-refractivity contribution in [2.75, 3.05) is 13.7 Å². The largest absolute Gasteiger partial charge is 0.468 e. The van der Waals surface area contributed by atoms with Crippen LogP contribution in [-0.4, -0.2) is 25.7 Å². The van der Waals surface area contributed by atoms with E-state index in [1.807, 2.05) is 13.8 Å². The molecule has 0 aliphatic rings. The highest BCUT2D eigenvalue weighted by molar-refractivity contribution is 5.74. The van der Waals surface area contributed by atoms with Crippen LogP contribution in [0.3, 0.4) is 0 Å². The molecular weight excluding hydrogens is 204 g/mol. The SMILES string of the molecule is COC(=O)C(C)NCCCCC(C)(C)C#N. The van der Waals surface area contributed by atoms with Gasteiger partial charge in [0.2, 0.25) is 0 Å². The van der Waals surface area contributed by atoms with Crippen LogP contribution in [0, 0.1) is 16.7 Å². The van der Waals surface area contributed by atoms with Gasteiger partial charge in [0.25, 0.3) is 0 Å². The number of rotatable bonds is 7. The lowest BCUT2D eigenvalue weighted by molar-refractivity contribution is -0.142. The molecule has 0 aromatic carbocycles. The summed E-state index contributed by atoms with van der Waals surface area (Å²) in [5.74, 6) is -0.239. The fourth-order valence-electron chi connectivity index (χ4n) is 1.33. The van der Waals surface area contributed by atoms with Crippen LogP contribution in [0.25, 0.3) is 0 Å².